The highest BCUT2D eigenvalue weighted by atomic mass is 79.9. The van der Waals surface area contributed by atoms with Gasteiger partial charge in [-0.05, 0) is 14.1 Å². The van der Waals surface area contributed by atoms with E-state index in [0.717, 1.165) is 13.1 Å². The van der Waals surface area contributed by atoms with Crippen LogP contribution in [0.25, 0.3) is 0 Å². The number of rotatable bonds is 6. The van der Waals surface area contributed by atoms with Crippen molar-refractivity contribution in [1.82, 2.24) is 10.2 Å². The second kappa shape index (κ2) is 7.29. The van der Waals surface area contributed by atoms with Gasteiger partial charge in [-0.1, -0.05) is 15.9 Å². The summed E-state index contributed by atoms with van der Waals surface area (Å²) >= 11 is 3.22. The molecule has 0 fully saturated rings. The Morgan fingerprint density at radius 3 is 2.69 bits per heavy atom. The molecule has 0 amide bonds. The van der Waals surface area contributed by atoms with Crippen molar-refractivity contribution in [3.63, 3.8) is 0 Å². The third-order valence-electron chi connectivity index (χ3n) is 1.52. The van der Waals surface area contributed by atoms with E-state index in [1.165, 1.54) is 7.11 Å². The lowest BCUT2D eigenvalue weighted by molar-refractivity contribution is -0.139. The zero-order chi connectivity index (χ0) is 10.3. The van der Waals surface area contributed by atoms with Crippen LogP contribution in [0.5, 0.6) is 0 Å². The summed E-state index contributed by atoms with van der Waals surface area (Å²) in [6.07, 6.45) is 0. The molecular formula is C8H17BrN2O2. The summed E-state index contributed by atoms with van der Waals surface area (Å²) < 4.78 is 4.55. The van der Waals surface area contributed by atoms with Crippen molar-refractivity contribution in [3.05, 3.63) is 0 Å². The van der Waals surface area contributed by atoms with E-state index >= 15 is 0 Å². The number of carbonyl (C=O) groups is 1. The summed E-state index contributed by atoms with van der Waals surface area (Å²) in [6.45, 7) is 2.42. The van der Waals surface area contributed by atoms with Gasteiger partial charge >= 0.3 is 5.97 Å². The van der Waals surface area contributed by atoms with Crippen molar-refractivity contribution >= 4 is 21.9 Å². The Balaban J connectivity index is 3.37. The fourth-order valence-electron chi connectivity index (χ4n) is 0.743. The van der Waals surface area contributed by atoms with Crippen LogP contribution in [0.15, 0.2) is 0 Å². The van der Waals surface area contributed by atoms with Crippen molar-refractivity contribution in [2.24, 2.45) is 0 Å². The lowest BCUT2D eigenvalue weighted by Gasteiger charge is -2.12. The summed E-state index contributed by atoms with van der Waals surface area (Å²) in [5, 5.41) is 3.14. The number of ether oxygens (including phenoxy) is 1. The molecule has 0 aliphatic carbocycles. The van der Waals surface area contributed by atoms with Gasteiger partial charge in [-0.2, -0.15) is 0 Å². The largest absolute Gasteiger partial charge is 0.468 e. The highest BCUT2D eigenvalue weighted by Gasteiger charge is 2.13. The van der Waals surface area contributed by atoms with E-state index in [1.807, 2.05) is 14.1 Å². The van der Waals surface area contributed by atoms with E-state index in [9.17, 15) is 4.79 Å². The fourth-order valence-corrected chi connectivity index (χ4v) is 1.16. The molecule has 0 aromatic heterocycles. The first-order chi connectivity index (χ1) is 6.07. The predicted molar refractivity (Wildman–Crippen MR) is 56.2 cm³/mol. The Morgan fingerprint density at radius 2 is 2.23 bits per heavy atom. The molecule has 0 aromatic rings. The number of hydrogen-bond acceptors (Lipinski definition) is 4. The molecule has 0 aliphatic rings. The van der Waals surface area contributed by atoms with Crippen molar-refractivity contribution < 1.29 is 9.53 Å². The van der Waals surface area contributed by atoms with Crippen LogP contribution < -0.4 is 5.32 Å². The van der Waals surface area contributed by atoms with Crippen LogP contribution in [-0.2, 0) is 9.53 Å². The Kier molecular flexibility index (Phi) is 7.22. The summed E-state index contributed by atoms with van der Waals surface area (Å²) in [7, 11) is 5.40. The monoisotopic (exact) mass is 252 g/mol. The number of alkyl halides is 1. The maximum absolute atomic E-state index is 10.9. The number of methoxy groups -OCH3 is 1. The van der Waals surface area contributed by atoms with E-state index in [-0.39, 0.29) is 10.8 Å². The summed E-state index contributed by atoms with van der Waals surface area (Å²) in [5.41, 5.74) is 0. The van der Waals surface area contributed by atoms with Crippen molar-refractivity contribution in [3.8, 4) is 0 Å². The molecule has 0 radical (unpaired) electrons. The van der Waals surface area contributed by atoms with Gasteiger partial charge in [0.15, 0.2) is 0 Å². The third kappa shape index (κ3) is 6.98. The number of likely N-dealkylation sites (N-methyl/N-ethyl adjacent to an activating group) is 1. The molecule has 0 aliphatic heterocycles. The molecule has 13 heavy (non-hydrogen) atoms. The smallest absolute Gasteiger partial charge is 0.320 e. The van der Waals surface area contributed by atoms with Crippen LogP contribution >= 0.6 is 15.9 Å². The minimum Gasteiger partial charge on any atom is -0.468 e. The van der Waals surface area contributed by atoms with Gasteiger partial charge in [-0.15, -0.1) is 0 Å². The topological polar surface area (TPSA) is 41.6 Å². The molecule has 1 atom stereocenters. The Hall–Kier alpha value is -0.130. The van der Waals surface area contributed by atoms with E-state index in [1.54, 1.807) is 0 Å². The molecule has 0 spiro atoms. The Labute approximate surface area is 87.7 Å². The first kappa shape index (κ1) is 12.9. The van der Waals surface area contributed by atoms with Crippen LogP contribution in [0, 0.1) is 0 Å². The molecule has 0 rings (SSSR count). The van der Waals surface area contributed by atoms with Gasteiger partial charge in [0.1, 0.15) is 4.83 Å². The normalized spacial score (nSPS) is 13.0. The van der Waals surface area contributed by atoms with Gasteiger partial charge < -0.3 is 15.0 Å². The summed E-state index contributed by atoms with van der Waals surface area (Å²) in [6, 6.07) is 0. The Morgan fingerprint density at radius 1 is 1.62 bits per heavy atom. The molecule has 1 unspecified atom stereocenters. The molecule has 4 nitrogen and oxygen atoms in total. The first-order valence-corrected chi connectivity index (χ1v) is 5.07. The molecule has 0 saturated heterocycles. The molecule has 0 aromatic carbocycles. The third-order valence-corrected chi connectivity index (χ3v) is 2.21. The highest BCUT2D eigenvalue weighted by Crippen LogP contribution is 1.99. The number of carbonyl (C=O) groups excluding carboxylic acids is 1. The quantitative estimate of drug-likeness (QED) is 0.413. The zero-order valence-electron chi connectivity index (χ0n) is 8.34. The molecule has 0 bridgehead atoms. The van der Waals surface area contributed by atoms with E-state index < -0.39 is 0 Å². The number of hydrogen-bond donors (Lipinski definition) is 1. The van der Waals surface area contributed by atoms with E-state index in [2.05, 4.69) is 30.9 Å². The number of nitrogens with one attached hydrogen (secondary N) is 1. The highest BCUT2D eigenvalue weighted by molar-refractivity contribution is 9.10. The average molecular weight is 253 g/mol. The second-order valence-electron chi connectivity index (χ2n) is 3.00. The number of halogens is 1. The van der Waals surface area contributed by atoms with Crippen LogP contribution in [-0.4, -0.2) is 56.5 Å². The minimum atomic E-state index is -0.250. The lowest BCUT2D eigenvalue weighted by Crippen LogP contribution is -2.34. The molecule has 1 N–H and O–H groups in total. The van der Waals surface area contributed by atoms with E-state index in [4.69, 9.17) is 0 Å². The van der Waals surface area contributed by atoms with Crippen LogP contribution in [0.3, 0.4) is 0 Å². The van der Waals surface area contributed by atoms with Crippen LogP contribution in [0.1, 0.15) is 0 Å². The standard InChI is InChI=1S/C8H17BrN2O2/c1-11(2)5-4-10-6-7(9)8(12)13-3/h7,10H,4-6H2,1-3H3. The number of nitrogens with zero attached hydrogens (tertiary/aromatic N) is 1. The number of esters is 1. The van der Waals surface area contributed by atoms with Gasteiger partial charge in [0, 0.05) is 19.6 Å². The first-order valence-electron chi connectivity index (χ1n) is 4.15. The lowest BCUT2D eigenvalue weighted by atomic mass is 10.4. The average Bonchev–Trinajstić information content (AvgIpc) is 2.10. The second-order valence-corrected chi connectivity index (χ2v) is 4.10. The molecule has 78 valence electrons. The maximum Gasteiger partial charge on any atom is 0.320 e. The van der Waals surface area contributed by atoms with Gasteiger partial charge in [-0.3, -0.25) is 4.79 Å². The van der Waals surface area contributed by atoms with Gasteiger partial charge in [0.25, 0.3) is 0 Å². The van der Waals surface area contributed by atoms with Crippen molar-refractivity contribution in [2.75, 3.05) is 40.8 Å². The predicted octanol–water partition coefficient (Wildman–Crippen LogP) is 0.0741. The molecule has 5 heteroatoms. The SMILES string of the molecule is COC(=O)C(Br)CNCCN(C)C. The summed E-state index contributed by atoms with van der Waals surface area (Å²) in [4.78, 5) is 12.7. The molecule has 0 saturated carbocycles. The van der Waals surface area contributed by atoms with E-state index in [0.29, 0.717) is 6.54 Å². The zero-order valence-corrected chi connectivity index (χ0v) is 9.93. The maximum atomic E-state index is 10.9. The van der Waals surface area contributed by atoms with Crippen LogP contribution in [0.4, 0.5) is 0 Å². The Bertz CT molecular complexity index is 153. The van der Waals surface area contributed by atoms with Gasteiger partial charge in [0.05, 0.1) is 7.11 Å². The van der Waals surface area contributed by atoms with Crippen molar-refractivity contribution in [2.45, 2.75) is 4.83 Å². The van der Waals surface area contributed by atoms with Gasteiger partial charge in [-0.25, -0.2) is 0 Å². The van der Waals surface area contributed by atoms with Crippen molar-refractivity contribution in [1.29, 1.82) is 0 Å². The summed E-state index contributed by atoms with van der Waals surface area (Å²) in [5.74, 6) is -0.239. The minimum absolute atomic E-state index is 0.239. The fraction of sp³-hybridized carbons (Fsp3) is 0.875. The van der Waals surface area contributed by atoms with Crippen LogP contribution in [0.2, 0.25) is 0 Å². The van der Waals surface area contributed by atoms with Gasteiger partial charge in [0.2, 0.25) is 0 Å². The molecular weight excluding hydrogens is 236 g/mol. The molecule has 0 heterocycles.